The minimum absolute atomic E-state index is 0.0527. The van der Waals surface area contributed by atoms with Gasteiger partial charge in [-0.3, -0.25) is 4.79 Å². The summed E-state index contributed by atoms with van der Waals surface area (Å²) < 4.78 is 4.29. The Kier molecular flexibility index (Phi) is 4.46. The predicted octanol–water partition coefficient (Wildman–Crippen LogP) is -1.00. The van der Waals surface area contributed by atoms with Crippen molar-refractivity contribution in [1.82, 2.24) is 0 Å². The zero-order valence-corrected chi connectivity index (χ0v) is 7.24. The van der Waals surface area contributed by atoms with Crippen LogP contribution >= 0.6 is 0 Å². The zero-order chi connectivity index (χ0) is 9.72. The molecular formula is C7H14N2O3. The number of carbonyl (C=O) groups is 2. The number of rotatable bonds is 3. The molecule has 0 fully saturated rings. The van der Waals surface area contributed by atoms with E-state index in [1.807, 2.05) is 0 Å². The third kappa shape index (κ3) is 3.45. The van der Waals surface area contributed by atoms with E-state index in [-0.39, 0.29) is 12.5 Å². The molecule has 0 spiro atoms. The summed E-state index contributed by atoms with van der Waals surface area (Å²) in [5.41, 5.74) is 10.3. The van der Waals surface area contributed by atoms with Crippen molar-refractivity contribution in [3.8, 4) is 0 Å². The molecule has 0 heterocycles. The van der Waals surface area contributed by atoms with Crippen LogP contribution in [0.3, 0.4) is 0 Å². The lowest BCUT2D eigenvalue weighted by Gasteiger charge is -2.12. The van der Waals surface area contributed by atoms with Crippen LogP contribution in [0.5, 0.6) is 0 Å². The van der Waals surface area contributed by atoms with Crippen molar-refractivity contribution >= 4 is 11.9 Å². The number of ether oxygens (including phenoxy) is 1. The van der Waals surface area contributed by atoms with Gasteiger partial charge in [-0.05, 0) is 5.92 Å². The average molecular weight is 174 g/mol. The minimum atomic E-state index is -0.763. The Morgan fingerprint density at radius 1 is 1.42 bits per heavy atom. The predicted molar refractivity (Wildman–Crippen MR) is 43.0 cm³/mol. The fourth-order valence-electron chi connectivity index (χ4n) is 0.494. The SMILES string of the molecule is CC(C)[C@H](N)C(=O)OC(=O)CN. The van der Waals surface area contributed by atoms with Crippen LogP contribution in [0.2, 0.25) is 0 Å². The van der Waals surface area contributed by atoms with E-state index in [0.717, 1.165) is 0 Å². The molecule has 0 saturated heterocycles. The molecule has 70 valence electrons. The van der Waals surface area contributed by atoms with Crippen LogP contribution in [0.15, 0.2) is 0 Å². The molecular weight excluding hydrogens is 160 g/mol. The molecule has 12 heavy (non-hydrogen) atoms. The minimum Gasteiger partial charge on any atom is -0.391 e. The van der Waals surface area contributed by atoms with E-state index in [2.05, 4.69) is 4.74 Å². The van der Waals surface area contributed by atoms with Gasteiger partial charge in [0.1, 0.15) is 6.04 Å². The molecule has 0 aromatic rings. The second-order valence-corrected chi connectivity index (χ2v) is 2.77. The first-order valence-corrected chi connectivity index (χ1v) is 3.69. The summed E-state index contributed by atoms with van der Waals surface area (Å²) in [5.74, 6) is -1.53. The van der Waals surface area contributed by atoms with E-state index >= 15 is 0 Å². The molecule has 0 rings (SSSR count). The van der Waals surface area contributed by atoms with Crippen molar-refractivity contribution in [1.29, 1.82) is 0 Å². The Balaban J connectivity index is 3.96. The molecule has 0 aromatic heterocycles. The van der Waals surface area contributed by atoms with Gasteiger partial charge >= 0.3 is 11.9 Å². The molecule has 0 amide bonds. The Morgan fingerprint density at radius 2 is 1.92 bits per heavy atom. The van der Waals surface area contributed by atoms with E-state index in [0.29, 0.717) is 0 Å². The van der Waals surface area contributed by atoms with Gasteiger partial charge in [0.2, 0.25) is 0 Å². The molecule has 0 unspecified atom stereocenters. The highest BCUT2D eigenvalue weighted by atomic mass is 16.6. The highest BCUT2D eigenvalue weighted by Crippen LogP contribution is 2.00. The lowest BCUT2D eigenvalue weighted by molar-refractivity contribution is -0.160. The molecule has 0 radical (unpaired) electrons. The molecule has 0 saturated carbocycles. The topological polar surface area (TPSA) is 95.4 Å². The molecule has 0 aromatic carbocycles. The highest BCUT2D eigenvalue weighted by Gasteiger charge is 2.20. The smallest absolute Gasteiger partial charge is 0.330 e. The van der Waals surface area contributed by atoms with Crippen molar-refractivity contribution in [2.45, 2.75) is 19.9 Å². The van der Waals surface area contributed by atoms with Crippen LogP contribution in [0.25, 0.3) is 0 Å². The second kappa shape index (κ2) is 4.84. The van der Waals surface area contributed by atoms with Gasteiger partial charge in [0.25, 0.3) is 0 Å². The van der Waals surface area contributed by atoms with Crippen molar-refractivity contribution in [2.24, 2.45) is 17.4 Å². The normalized spacial score (nSPS) is 12.8. The molecule has 5 nitrogen and oxygen atoms in total. The second-order valence-electron chi connectivity index (χ2n) is 2.77. The number of hydrogen-bond donors (Lipinski definition) is 2. The third-order valence-electron chi connectivity index (χ3n) is 1.37. The lowest BCUT2D eigenvalue weighted by Crippen LogP contribution is -2.39. The van der Waals surface area contributed by atoms with Gasteiger partial charge in [0.05, 0.1) is 6.54 Å². The van der Waals surface area contributed by atoms with E-state index in [1.54, 1.807) is 13.8 Å². The maximum absolute atomic E-state index is 10.9. The molecule has 0 aliphatic heterocycles. The number of nitrogens with two attached hydrogens (primary N) is 2. The summed E-state index contributed by atoms with van der Waals surface area (Å²) in [6, 6.07) is -0.763. The van der Waals surface area contributed by atoms with E-state index in [4.69, 9.17) is 11.5 Å². The van der Waals surface area contributed by atoms with Gasteiger partial charge in [0.15, 0.2) is 0 Å². The van der Waals surface area contributed by atoms with Crippen LogP contribution in [0.4, 0.5) is 0 Å². The molecule has 4 N–H and O–H groups in total. The number of hydrogen-bond acceptors (Lipinski definition) is 5. The number of esters is 2. The molecule has 0 bridgehead atoms. The van der Waals surface area contributed by atoms with Crippen molar-refractivity contribution in [2.75, 3.05) is 6.54 Å². The fourth-order valence-corrected chi connectivity index (χ4v) is 0.494. The van der Waals surface area contributed by atoms with Crippen molar-refractivity contribution in [3.05, 3.63) is 0 Å². The van der Waals surface area contributed by atoms with Crippen LogP contribution < -0.4 is 11.5 Å². The summed E-state index contributed by atoms with van der Waals surface area (Å²) >= 11 is 0. The first-order chi connectivity index (χ1) is 5.49. The van der Waals surface area contributed by atoms with Gasteiger partial charge < -0.3 is 16.2 Å². The van der Waals surface area contributed by atoms with E-state index < -0.39 is 18.0 Å². The average Bonchev–Trinajstić information content (AvgIpc) is 2.02. The van der Waals surface area contributed by atoms with Gasteiger partial charge in [-0.15, -0.1) is 0 Å². The van der Waals surface area contributed by atoms with E-state index in [1.165, 1.54) is 0 Å². The summed E-state index contributed by atoms with van der Waals surface area (Å²) in [6.07, 6.45) is 0. The summed E-state index contributed by atoms with van der Waals surface area (Å²) in [5, 5.41) is 0. The van der Waals surface area contributed by atoms with Crippen LogP contribution in [-0.4, -0.2) is 24.5 Å². The van der Waals surface area contributed by atoms with E-state index in [9.17, 15) is 9.59 Å². The molecule has 1 atom stereocenters. The maximum Gasteiger partial charge on any atom is 0.330 e. The first-order valence-electron chi connectivity index (χ1n) is 3.69. The summed E-state index contributed by atoms with van der Waals surface area (Å²) in [4.78, 5) is 21.5. The van der Waals surface area contributed by atoms with Gasteiger partial charge in [-0.25, -0.2) is 4.79 Å². The zero-order valence-electron chi connectivity index (χ0n) is 7.24. The van der Waals surface area contributed by atoms with Crippen LogP contribution in [0.1, 0.15) is 13.8 Å². The van der Waals surface area contributed by atoms with Crippen LogP contribution in [0, 0.1) is 5.92 Å². The number of carbonyl (C=O) groups excluding carboxylic acids is 2. The molecule has 5 heteroatoms. The van der Waals surface area contributed by atoms with Crippen molar-refractivity contribution < 1.29 is 14.3 Å². The Hall–Kier alpha value is -0.940. The third-order valence-corrected chi connectivity index (χ3v) is 1.37. The highest BCUT2D eigenvalue weighted by molar-refractivity contribution is 5.89. The Labute approximate surface area is 71.0 Å². The summed E-state index contributed by atoms with van der Waals surface area (Å²) in [6.45, 7) is 3.22. The fraction of sp³-hybridized carbons (Fsp3) is 0.714. The largest absolute Gasteiger partial charge is 0.391 e. The molecule has 0 aliphatic carbocycles. The first kappa shape index (κ1) is 11.1. The van der Waals surface area contributed by atoms with Crippen molar-refractivity contribution in [3.63, 3.8) is 0 Å². The van der Waals surface area contributed by atoms with Gasteiger partial charge in [0, 0.05) is 0 Å². The Morgan fingerprint density at radius 3 is 2.25 bits per heavy atom. The maximum atomic E-state index is 10.9. The van der Waals surface area contributed by atoms with Gasteiger partial charge in [-0.1, -0.05) is 13.8 Å². The monoisotopic (exact) mass is 174 g/mol. The van der Waals surface area contributed by atoms with Crippen LogP contribution in [-0.2, 0) is 14.3 Å². The van der Waals surface area contributed by atoms with Gasteiger partial charge in [-0.2, -0.15) is 0 Å². The lowest BCUT2D eigenvalue weighted by atomic mass is 10.1. The summed E-state index contributed by atoms with van der Waals surface area (Å²) in [7, 11) is 0. The quantitative estimate of drug-likeness (QED) is 0.422. The standard InChI is InChI=1S/C7H14N2O3/c1-4(2)6(9)7(11)12-5(10)3-8/h4,6H,3,8-9H2,1-2H3/t6-/m0/s1. The molecule has 0 aliphatic rings. The Bertz CT molecular complexity index is 179.